The molecule has 1 atom stereocenters. The van der Waals surface area contributed by atoms with Gasteiger partial charge in [0, 0.05) is 5.69 Å². The zero-order chi connectivity index (χ0) is 13.5. The second kappa shape index (κ2) is 6.44. The molecule has 18 heavy (non-hydrogen) atoms. The number of rotatable bonds is 4. The number of allylic oxidation sites excluding steroid dienone is 1. The molecular formula is C13H17N3O2. The number of benzene rings is 1. The highest BCUT2D eigenvalue weighted by Crippen LogP contribution is 2.15. The van der Waals surface area contributed by atoms with Crippen molar-refractivity contribution in [2.24, 2.45) is 5.73 Å². The van der Waals surface area contributed by atoms with Crippen molar-refractivity contribution >= 4 is 17.6 Å². The highest BCUT2D eigenvalue weighted by Gasteiger charge is 2.07. The van der Waals surface area contributed by atoms with Crippen LogP contribution in [0, 0.1) is 0 Å². The lowest BCUT2D eigenvalue weighted by molar-refractivity contribution is -0.117. The minimum absolute atomic E-state index is 0.101. The number of primary amides is 1. The molecule has 0 radical (unpaired) electrons. The molecule has 1 aromatic carbocycles. The van der Waals surface area contributed by atoms with E-state index < -0.39 is 6.03 Å². The van der Waals surface area contributed by atoms with Gasteiger partial charge in [0.2, 0.25) is 5.91 Å². The Morgan fingerprint density at radius 2 is 1.89 bits per heavy atom. The Bertz CT molecular complexity index is 452. The summed E-state index contributed by atoms with van der Waals surface area (Å²) in [7, 11) is 0. The first kappa shape index (κ1) is 13.8. The van der Waals surface area contributed by atoms with Crippen LogP contribution >= 0.6 is 0 Å². The minimum atomic E-state index is -0.600. The topological polar surface area (TPSA) is 84.2 Å². The smallest absolute Gasteiger partial charge is 0.316 e. The molecule has 1 aromatic rings. The summed E-state index contributed by atoms with van der Waals surface area (Å²) in [5.41, 5.74) is 6.58. The first-order valence-electron chi connectivity index (χ1n) is 5.62. The first-order chi connectivity index (χ1) is 8.52. The van der Waals surface area contributed by atoms with E-state index in [-0.39, 0.29) is 11.9 Å². The molecule has 0 aromatic heterocycles. The predicted octanol–water partition coefficient (Wildman–Crippen LogP) is 1.93. The summed E-state index contributed by atoms with van der Waals surface area (Å²) in [6.07, 6.45) is 3.15. The van der Waals surface area contributed by atoms with Gasteiger partial charge in [0.1, 0.15) is 0 Å². The van der Waals surface area contributed by atoms with E-state index in [0.717, 1.165) is 5.56 Å². The normalized spacial score (nSPS) is 12.1. The van der Waals surface area contributed by atoms with Crippen LogP contribution in [0.4, 0.5) is 10.5 Å². The van der Waals surface area contributed by atoms with Crippen molar-refractivity contribution in [2.45, 2.75) is 19.9 Å². The Morgan fingerprint density at radius 3 is 2.39 bits per heavy atom. The lowest BCUT2D eigenvalue weighted by Crippen LogP contribution is -2.24. The first-order valence-corrected chi connectivity index (χ1v) is 5.62. The summed E-state index contributed by atoms with van der Waals surface area (Å²) in [5, 5.41) is 5.29. The Hall–Kier alpha value is -2.30. The molecule has 96 valence electrons. The molecule has 5 heteroatoms. The molecule has 4 N–H and O–H groups in total. The van der Waals surface area contributed by atoms with Crippen molar-refractivity contribution in [2.75, 3.05) is 5.32 Å². The molecule has 0 aliphatic heterocycles. The fraction of sp³-hybridized carbons (Fsp3) is 0.231. The number of anilines is 1. The molecule has 0 aliphatic rings. The molecule has 0 bridgehead atoms. The minimum Gasteiger partial charge on any atom is -0.351 e. The highest BCUT2D eigenvalue weighted by atomic mass is 16.2. The van der Waals surface area contributed by atoms with Gasteiger partial charge in [-0.2, -0.15) is 0 Å². The van der Waals surface area contributed by atoms with Crippen LogP contribution in [-0.2, 0) is 4.79 Å². The van der Waals surface area contributed by atoms with Crippen LogP contribution in [0.1, 0.15) is 25.5 Å². The number of nitrogens with one attached hydrogen (secondary N) is 2. The van der Waals surface area contributed by atoms with E-state index >= 15 is 0 Å². The molecule has 1 rings (SSSR count). The van der Waals surface area contributed by atoms with Gasteiger partial charge in [-0.05, 0) is 37.6 Å². The maximum absolute atomic E-state index is 11.4. The van der Waals surface area contributed by atoms with Gasteiger partial charge in [-0.1, -0.05) is 18.2 Å². The zero-order valence-corrected chi connectivity index (χ0v) is 10.4. The van der Waals surface area contributed by atoms with E-state index in [1.165, 1.54) is 6.08 Å². The van der Waals surface area contributed by atoms with Gasteiger partial charge in [-0.15, -0.1) is 0 Å². The van der Waals surface area contributed by atoms with Crippen LogP contribution in [0.3, 0.4) is 0 Å². The number of carbonyl (C=O) groups excluding carboxylic acids is 2. The third-order valence-corrected chi connectivity index (χ3v) is 2.36. The van der Waals surface area contributed by atoms with Crippen LogP contribution in [-0.4, -0.2) is 11.9 Å². The molecule has 0 fully saturated rings. The van der Waals surface area contributed by atoms with E-state index in [2.05, 4.69) is 10.6 Å². The molecule has 1 unspecified atom stereocenters. The fourth-order valence-corrected chi connectivity index (χ4v) is 1.49. The average Bonchev–Trinajstić information content (AvgIpc) is 2.29. The largest absolute Gasteiger partial charge is 0.351 e. The van der Waals surface area contributed by atoms with Gasteiger partial charge < -0.3 is 16.4 Å². The van der Waals surface area contributed by atoms with Crippen molar-refractivity contribution in [1.82, 2.24) is 5.32 Å². The van der Waals surface area contributed by atoms with Gasteiger partial charge in [0.25, 0.3) is 0 Å². The molecule has 5 nitrogen and oxygen atoms in total. The summed E-state index contributed by atoms with van der Waals surface area (Å²) in [5.74, 6) is -0.135. The van der Waals surface area contributed by atoms with Crippen molar-refractivity contribution < 1.29 is 9.59 Å². The summed E-state index contributed by atoms with van der Waals surface area (Å²) in [6.45, 7) is 3.67. The van der Waals surface area contributed by atoms with E-state index in [1.54, 1.807) is 25.1 Å². The monoisotopic (exact) mass is 247 g/mol. The zero-order valence-electron chi connectivity index (χ0n) is 10.4. The standard InChI is InChI=1S/C13H17N3O2/c1-3-4-12(17)15-9(2)10-5-7-11(8-6-10)16-13(14)18/h3-9H,1-2H3,(H,15,17)(H3,14,16,18). The third-order valence-electron chi connectivity index (χ3n) is 2.36. The second-order valence-electron chi connectivity index (χ2n) is 3.84. The van der Waals surface area contributed by atoms with Gasteiger partial charge in [0.05, 0.1) is 6.04 Å². The molecule has 0 aliphatic carbocycles. The molecule has 0 saturated carbocycles. The Balaban J connectivity index is 2.66. The maximum atomic E-state index is 11.4. The average molecular weight is 247 g/mol. The van der Waals surface area contributed by atoms with Crippen LogP contribution in [0.5, 0.6) is 0 Å². The van der Waals surface area contributed by atoms with Crippen LogP contribution in [0.15, 0.2) is 36.4 Å². The number of carbonyl (C=O) groups is 2. The van der Waals surface area contributed by atoms with Crippen LogP contribution in [0.2, 0.25) is 0 Å². The predicted molar refractivity (Wildman–Crippen MR) is 71.0 cm³/mol. The number of amides is 3. The second-order valence-corrected chi connectivity index (χ2v) is 3.84. The van der Waals surface area contributed by atoms with Gasteiger partial charge in [0.15, 0.2) is 0 Å². The van der Waals surface area contributed by atoms with E-state index in [9.17, 15) is 9.59 Å². The van der Waals surface area contributed by atoms with Gasteiger partial charge >= 0.3 is 6.03 Å². The van der Waals surface area contributed by atoms with Gasteiger partial charge in [-0.25, -0.2) is 4.79 Å². The number of hydrogen-bond donors (Lipinski definition) is 3. The quantitative estimate of drug-likeness (QED) is 0.710. The third kappa shape index (κ3) is 4.29. The highest BCUT2D eigenvalue weighted by molar-refractivity contribution is 5.88. The van der Waals surface area contributed by atoms with Crippen molar-refractivity contribution in [3.8, 4) is 0 Å². The van der Waals surface area contributed by atoms with Crippen molar-refractivity contribution in [3.05, 3.63) is 42.0 Å². The lowest BCUT2D eigenvalue weighted by Gasteiger charge is -2.13. The molecule has 0 spiro atoms. The Morgan fingerprint density at radius 1 is 1.28 bits per heavy atom. The SMILES string of the molecule is CC=CC(=O)NC(C)c1ccc(NC(N)=O)cc1. The van der Waals surface area contributed by atoms with Crippen molar-refractivity contribution in [1.29, 1.82) is 0 Å². The van der Waals surface area contributed by atoms with E-state index in [1.807, 2.05) is 19.1 Å². The Labute approximate surface area is 106 Å². The maximum Gasteiger partial charge on any atom is 0.316 e. The summed E-state index contributed by atoms with van der Waals surface area (Å²) < 4.78 is 0. The Kier molecular flexibility index (Phi) is 4.92. The molecule has 0 saturated heterocycles. The van der Waals surface area contributed by atoms with Gasteiger partial charge in [-0.3, -0.25) is 4.79 Å². The number of urea groups is 1. The summed E-state index contributed by atoms with van der Waals surface area (Å²) in [6, 6.07) is 6.42. The molecule has 3 amide bonds. The van der Waals surface area contributed by atoms with Crippen LogP contribution < -0.4 is 16.4 Å². The summed E-state index contributed by atoms with van der Waals surface area (Å²) in [4.78, 5) is 22.0. The molecule has 0 heterocycles. The van der Waals surface area contributed by atoms with E-state index in [4.69, 9.17) is 5.73 Å². The molecular weight excluding hydrogens is 230 g/mol. The lowest BCUT2D eigenvalue weighted by atomic mass is 10.1. The number of hydrogen-bond acceptors (Lipinski definition) is 2. The number of nitrogens with two attached hydrogens (primary N) is 1. The van der Waals surface area contributed by atoms with Crippen molar-refractivity contribution in [3.63, 3.8) is 0 Å². The fourth-order valence-electron chi connectivity index (χ4n) is 1.49. The van der Waals surface area contributed by atoms with E-state index in [0.29, 0.717) is 5.69 Å². The summed E-state index contributed by atoms with van der Waals surface area (Å²) >= 11 is 0. The van der Waals surface area contributed by atoms with Crippen LogP contribution in [0.25, 0.3) is 0 Å².